The summed E-state index contributed by atoms with van der Waals surface area (Å²) in [5.41, 5.74) is 9.85. The van der Waals surface area contributed by atoms with Crippen molar-refractivity contribution in [3.05, 3.63) is 229 Å². The summed E-state index contributed by atoms with van der Waals surface area (Å²) in [6, 6.07) is 64.8. The SMILES string of the molecule is Cc1ccc(-c2cc(C3=CCCC(c4cccc(-c5nc(Oc6ccccc6)nc(-c6ccc(C#N)cc6)n5)c4)=C3)nc(-c3ccc(P(=O)(c4ccccc4)c4ccccc4)cc3)n2)cc1. The summed E-state index contributed by atoms with van der Waals surface area (Å²) in [5, 5.41) is 11.7. The minimum atomic E-state index is -3.16. The summed E-state index contributed by atoms with van der Waals surface area (Å²) in [5.74, 6) is 2.08. The highest BCUT2D eigenvalue weighted by Crippen LogP contribution is 2.43. The quantitative estimate of drug-likeness (QED) is 0.118. The van der Waals surface area contributed by atoms with Gasteiger partial charge in [-0.05, 0) is 91.1 Å². The van der Waals surface area contributed by atoms with Crippen LogP contribution in [0.5, 0.6) is 11.8 Å². The predicted octanol–water partition coefficient (Wildman–Crippen LogP) is 12.2. The number of rotatable bonds is 11. The molecule has 316 valence electrons. The summed E-state index contributed by atoms with van der Waals surface area (Å²) in [6.07, 6.45) is 6.10. The lowest BCUT2D eigenvalue weighted by molar-refractivity contribution is 0.441. The molecule has 0 saturated carbocycles. The van der Waals surface area contributed by atoms with Crippen LogP contribution in [0, 0.1) is 18.3 Å². The van der Waals surface area contributed by atoms with E-state index in [-0.39, 0.29) is 6.01 Å². The molecule has 0 spiro atoms. The highest BCUT2D eigenvalue weighted by molar-refractivity contribution is 7.85. The van der Waals surface area contributed by atoms with Gasteiger partial charge in [0.2, 0.25) is 0 Å². The number of hydrogen-bond donors (Lipinski definition) is 0. The van der Waals surface area contributed by atoms with Gasteiger partial charge in [0.15, 0.2) is 24.6 Å². The highest BCUT2D eigenvalue weighted by atomic mass is 31.2. The highest BCUT2D eigenvalue weighted by Gasteiger charge is 2.29. The second kappa shape index (κ2) is 18.4. The van der Waals surface area contributed by atoms with Crippen LogP contribution in [0.2, 0.25) is 0 Å². The van der Waals surface area contributed by atoms with E-state index >= 15 is 4.57 Å². The van der Waals surface area contributed by atoms with E-state index in [0.29, 0.717) is 28.8 Å². The molecular formula is C57H41N6O2P. The maximum atomic E-state index is 15.1. The van der Waals surface area contributed by atoms with E-state index in [0.717, 1.165) is 84.7 Å². The van der Waals surface area contributed by atoms with Gasteiger partial charge < -0.3 is 9.30 Å². The third-order valence-electron chi connectivity index (χ3n) is 11.5. The molecule has 0 atom stereocenters. The van der Waals surface area contributed by atoms with E-state index in [1.165, 1.54) is 0 Å². The Morgan fingerprint density at radius 3 is 1.71 bits per heavy atom. The number of benzene rings is 7. The normalized spacial score (nSPS) is 12.4. The molecule has 1 aliphatic carbocycles. The van der Waals surface area contributed by atoms with E-state index in [2.05, 4.69) is 72.6 Å². The Labute approximate surface area is 383 Å². The average molecular weight is 873 g/mol. The second-order valence-corrected chi connectivity index (χ2v) is 18.7. The van der Waals surface area contributed by atoms with Crippen molar-refractivity contribution in [3.8, 4) is 63.3 Å². The van der Waals surface area contributed by atoms with Crippen molar-refractivity contribution in [1.29, 1.82) is 5.26 Å². The van der Waals surface area contributed by atoms with Crippen molar-refractivity contribution in [1.82, 2.24) is 24.9 Å². The Kier molecular flexibility index (Phi) is 11.6. The number of hydrogen-bond acceptors (Lipinski definition) is 8. The van der Waals surface area contributed by atoms with Gasteiger partial charge in [-0.2, -0.15) is 15.2 Å². The topological polar surface area (TPSA) is 115 Å². The number of allylic oxidation sites excluding steroid dienone is 4. The fourth-order valence-electron chi connectivity index (χ4n) is 8.05. The zero-order valence-electron chi connectivity index (χ0n) is 36.0. The first-order valence-corrected chi connectivity index (χ1v) is 23.4. The zero-order valence-corrected chi connectivity index (χ0v) is 36.9. The molecule has 0 fully saturated rings. The molecule has 0 unspecified atom stereocenters. The molecule has 2 heterocycles. The van der Waals surface area contributed by atoms with Crippen LogP contribution in [0.15, 0.2) is 206 Å². The number of aromatic nitrogens is 5. The van der Waals surface area contributed by atoms with Crippen molar-refractivity contribution in [3.63, 3.8) is 0 Å². The van der Waals surface area contributed by atoms with Gasteiger partial charge in [0, 0.05) is 38.2 Å². The summed E-state index contributed by atoms with van der Waals surface area (Å²) in [4.78, 5) is 24.7. The van der Waals surface area contributed by atoms with Crippen LogP contribution in [0.1, 0.15) is 35.2 Å². The second-order valence-electron chi connectivity index (χ2n) is 16.0. The molecule has 8 nitrogen and oxygen atoms in total. The Morgan fingerprint density at radius 2 is 1.06 bits per heavy atom. The van der Waals surface area contributed by atoms with Gasteiger partial charge >= 0.3 is 6.01 Å². The van der Waals surface area contributed by atoms with Gasteiger partial charge in [0.1, 0.15) is 5.75 Å². The van der Waals surface area contributed by atoms with Crippen LogP contribution in [0.4, 0.5) is 0 Å². The number of nitriles is 1. The van der Waals surface area contributed by atoms with Gasteiger partial charge in [-0.25, -0.2) is 15.0 Å². The van der Waals surface area contributed by atoms with E-state index < -0.39 is 7.14 Å². The van der Waals surface area contributed by atoms with Crippen LogP contribution >= 0.6 is 7.14 Å². The lowest BCUT2D eigenvalue weighted by Gasteiger charge is -2.20. The van der Waals surface area contributed by atoms with E-state index in [1.54, 1.807) is 12.1 Å². The molecule has 9 heteroatoms. The first-order valence-electron chi connectivity index (χ1n) is 21.7. The Balaban J connectivity index is 1.01. The first kappa shape index (κ1) is 41.6. The Bertz CT molecular complexity index is 3310. The average Bonchev–Trinajstić information content (AvgIpc) is 3.39. The van der Waals surface area contributed by atoms with Gasteiger partial charge in [-0.15, -0.1) is 0 Å². The molecule has 0 amide bonds. The molecule has 1 aliphatic rings. The molecule has 0 bridgehead atoms. The number of para-hydroxylation sites is 1. The molecular weight excluding hydrogens is 832 g/mol. The maximum absolute atomic E-state index is 15.1. The van der Waals surface area contributed by atoms with Gasteiger partial charge in [-0.3, -0.25) is 0 Å². The summed E-state index contributed by atoms with van der Waals surface area (Å²) < 4.78 is 21.3. The van der Waals surface area contributed by atoms with Crippen LogP contribution in [0.3, 0.4) is 0 Å². The van der Waals surface area contributed by atoms with Crippen molar-refractivity contribution >= 4 is 34.2 Å². The van der Waals surface area contributed by atoms with Crippen molar-refractivity contribution in [2.75, 3.05) is 0 Å². The number of ether oxygens (including phenoxy) is 1. The monoisotopic (exact) mass is 872 g/mol. The first-order chi connectivity index (χ1) is 32.4. The molecule has 10 rings (SSSR count). The molecule has 0 saturated heterocycles. The molecule has 0 aliphatic heterocycles. The predicted molar refractivity (Wildman–Crippen MR) is 264 cm³/mol. The lowest BCUT2D eigenvalue weighted by atomic mass is 9.91. The molecule has 2 aromatic heterocycles. The van der Waals surface area contributed by atoms with Gasteiger partial charge in [0.25, 0.3) is 0 Å². The fourth-order valence-corrected chi connectivity index (χ4v) is 10.7. The summed E-state index contributed by atoms with van der Waals surface area (Å²) >= 11 is 0. The lowest BCUT2D eigenvalue weighted by Crippen LogP contribution is -2.24. The zero-order chi connectivity index (χ0) is 44.9. The number of nitrogens with zero attached hydrogens (tertiary/aromatic N) is 6. The molecule has 7 aromatic carbocycles. The minimum absolute atomic E-state index is 0.165. The van der Waals surface area contributed by atoms with E-state index in [9.17, 15) is 5.26 Å². The summed E-state index contributed by atoms with van der Waals surface area (Å²) in [7, 11) is -3.16. The van der Waals surface area contributed by atoms with Crippen LogP contribution < -0.4 is 20.7 Å². The largest absolute Gasteiger partial charge is 0.424 e. The van der Waals surface area contributed by atoms with Gasteiger partial charge in [0.05, 0.1) is 23.0 Å². The van der Waals surface area contributed by atoms with Crippen LogP contribution in [0.25, 0.3) is 56.6 Å². The Morgan fingerprint density at radius 1 is 0.515 bits per heavy atom. The molecule has 9 aromatic rings. The standard InChI is InChI=1S/C57H41N6O2P/c1-39-23-27-41(28-24-39)52-37-53(60-54(59-52)43-31-33-51(34-32-43)66(64,49-19-7-3-8-20-49)50-21-9-4-10-22-50)46-15-11-13-44(35-46)45-14-12-16-47(36-45)56-61-55(42-29-25-40(38-58)26-30-42)62-57(63-56)65-48-17-5-2-6-18-48/h2-10,12,14-37H,11,13H2,1H3. The van der Waals surface area contributed by atoms with Crippen molar-refractivity contribution in [2.24, 2.45) is 0 Å². The summed E-state index contributed by atoms with van der Waals surface area (Å²) in [6.45, 7) is 2.08. The minimum Gasteiger partial charge on any atom is -0.424 e. The molecule has 0 N–H and O–H groups in total. The van der Waals surface area contributed by atoms with Crippen LogP contribution in [-0.2, 0) is 4.57 Å². The van der Waals surface area contributed by atoms with E-state index in [1.807, 2.05) is 140 Å². The van der Waals surface area contributed by atoms with E-state index in [4.69, 9.17) is 24.7 Å². The third-order valence-corrected chi connectivity index (χ3v) is 14.6. The van der Waals surface area contributed by atoms with Crippen molar-refractivity contribution in [2.45, 2.75) is 19.8 Å². The van der Waals surface area contributed by atoms with Crippen LogP contribution in [-0.4, -0.2) is 24.9 Å². The third kappa shape index (κ3) is 8.76. The smallest absolute Gasteiger partial charge is 0.326 e. The molecule has 0 radical (unpaired) electrons. The fraction of sp³-hybridized carbons (Fsp3) is 0.0526. The number of aryl methyl sites for hydroxylation is 1. The van der Waals surface area contributed by atoms with Gasteiger partial charge in [-0.1, -0.05) is 157 Å². The maximum Gasteiger partial charge on any atom is 0.326 e. The molecule has 66 heavy (non-hydrogen) atoms. The van der Waals surface area contributed by atoms with Crippen molar-refractivity contribution < 1.29 is 9.30 Å². The Hall–Kier alpha value is -8.37.